The Balaban J connectivity index is 2.77. The molecule has 0 saturated heterocycles. The molecule has 17 heavy (non-hydrogen) atoms. The molecule has 5 nitrogen and oxygen atoms in total. The second kappa shape index (κ2) is 5.12. The number of carbonyl (C=O) groups excluding carboxylic acids is 1. The van der Waals surface area contributed by atoms with E-state index in [4.69, 9.17) is 0 Å². The highest BCUT2D eigenvalue weighted by atomic mass is 16.5. The number of carbonyl (C=O) groups is 1. The zero-order valence-electron chi connectivity index (χ0n) is 11.0. The summed E-state index contributed by atoms with van der Waals surface area (Å²) in [5, 5.41) is 0. The normalized spacial score (nSPS) is 11.1. The van der Waals surface area contributed by atoms with Crippen LogP contribution in [0, 0.1) is 5.41 Å². The van der Waals surface area contributed by atoms with Gasteiger partial charge in [0.05, 0.1) is 19.5 Å². The molecule has 0 aliphatic heterocycles. The number of nitrogens with zero attached hydrogens (tertiary/aromatic N) is 3. The Hall–Kier alpha value is -1.65. The quantitative estimate of drug-likeness (QED) is 0.749. The maximum atomic E-state index is 11.2. The standard InChI is InChI=1S/C12H19N3O2/c1-12(2,3)8-15(4)10-7-13-9(6-14-10)11(16)17-5/h6-7H,8H2,1-5H3. The summed E-state index contributed by atoms with van der Waals surface area (Å²) in [4.78, 5) is 21.4. The molecule has 0 aromatic carbocycles. The molecule has 5 heteroatoms. The number of esters is 1. The largest absolute Gasteiger partial charge is 0.464 e. The summed E-state index contributed by atoms with van der Waals surface area (Å²) in [6.45, 7) is 7.32. The number of ether oxygens (including phenoxy) is 1. The van der Waals surface area contributed by atoms with Gasteiger partial charge < -0.3 is 9.64 Å². The monoisotopic (exact) mass is 237 g/mol. The molecule has 1 heterocycles. The van der Waals surface area contributed by atoms with Crippen LogP contribution in [-0.2, 0) is 4.74 Å². The molecule has 0 unspecified atom stereocenters. The van der Waals surface area contributed by atoms with Gasteiger partial charge in [0.2, 0.25) is 0 Å². The fourth-order valence-corrected chi connectivity index (χ4v) is 1.52. The second-order valence-corrected chi connectivity index (χ2v) is 5.17. The number of hydrogen-bond acceptors (Lipinski definition) is 5. The Morgan fingerprint density at radius 3 is 2.41 bits per heavy atom. The molecule has 0 N–H and O–H groups in total. The van der Waals surface area contributed by atoms with E-state index < -0.39 is 5.97 Å². The van der Waals surface area contributed by atoms with E-state index in [0.717, 1.165) is 12.4 Å². The third-order valence-corrected chi connectivity index (χ3v) is 2.14. The molecule has 1 aromatic heterocycles. The van der Waals surface area contributed by atoms with Gasteiger partial charge in [-0.15, -0.1) is 0 Å². The third-order valence-electron chi connectivity index (χ3n) is 2.14. The lowest BCUT2D eigenvalue weighted by atomic mass is 9.96. The molecule has 0 radical (unpaired) electrons. The SMILES string of the molecule is COC(=O)c1cnc(N(C)CC(C)(C)C)cn1. The number of anilines is 1. The molecule has 0 spiro atoms. The van der Waals surface area contributed by atoms with Gasteiger partial charge in [0.25, 0.3) is 0 Å². The van der Waals surface area contributed by atoms with Crippen LogP contribution in [0.4, 0.5) is 5.82 Å². The van der Waals surface area contributed by atoms with Crippen LogP contribution < -0.4 is 4.90 Å². The van der Waals surface area contributed by atoms with E-state index >= 15 is 0 Å². The third kappa shape index (κ3) is 4.01. The Kier molecular flexibility index (Phi) is 4.04. The zero-order chi connectivity index (χ0) is 13.1. The Labute approximate surface area is 102 Å². The van der Waals surface area contributed by atoms with Crippen LogP contribution in [0.2, 0.25) is 0 Å². The first kappa shape index (κ1) is 13.4. The topological polar surface area (TPSA) is 55.3 Å². The van der Waals surface area contributed by atoms with E-state index in [1.54, 1.807) is 6.20 Å². The highest BCUT2D eigenvalue weighted by molar-refractivity contribution is 5.86. The molecule has 0 atom stereocenters. The maximum absolute atomic E-state index is 11.2. The first-order valence-corrected chi connectivity index (χ1v) is 5.45. The molecular formula is C12H19N3O2. The predicted octanol–water partition coefficient (Wildman–Crippen LogP) is 1.75. The second-order valence-electron chi connectivity index (χ2n) is 5.17. The van der Waals surface area contributed by atoms with E-state index in [0.29, 0.717) is 0 Å². The van der Waals surface area contributed by atoms with Crippen molar-refractivity contribution in [1.82, 2.24) is 9.97 Å². The Bertz CT molecular complexity index is 382. The van der Waals surface area contributed by atoms with Gasteiger partial charge in [-0.25, -0.2) is 14.8 Å². The molecule has 94 valence electrons. The molecule has 0 aliphatic carbocycles. The lowest BCUT2D eigenvalue weighted by molar-refractivity contribution is 0.0593. The van der Waals surface area contributed by atoms with Gasteiger partial charge in [0, 0.05) is 13.6 Å². The smallest absolute Gasteiger partial charge is 0.358 e. The summed E-state index contributed by atoms with van der Waals surface area (Å²) >= 11 is 0. The van der Waals surface area contributed by atoms with Crippen LogP contribution in [0.15, 0.2) is 12.4 Å². The summed E-state index contributed by atoms with van der Waals surface area (Å²) in [6, 6.07) is 0. The summed E-state index contributed by atoms with van der Waals surface area (Å²) < 4.78 is 4.56. The fraction of sp³-hybridized carbons (Fsp3) is 0.583. The summed E-state index contributed by atoms with van der Waals surface area (Å²) in [5.41, 5.74) is 0.401. The van der Waals surface area contributed by atoms with Crippen molar-refractivity contribution in [2.24, 2.45) is 5.41 Å². The first-order chi connectivity index (χ1) is 7.83. The van der Waals surface area contributed by atoms with Gasteiger partial charge in [0.1, 0.15) is 5.82 Å². The molecule has 0 bridgehead atoms. The van der Waals surface area contributed by atoms with Crippen molar-refractivity contribution in [2.45, 2.75) is 20.8 Å². The summed E-state index contributed by atoms with van der Waals surface area (Å²) in [7, 11) is 3.27. The van der Waals surface area contributed by atoms with Gasteiger partial charge >= 0.3 is 5.97 Å². The van der Waals surface area contributed by atoms with E-state index in [1.165, 1.54) is 13.3 Å². The average molecular weight is 237 g/mol. The lowest BCUT2D eigenvalue weighted by Crippen LogP contribution is -2.29. The molecule has 1 rings (SSSR count). The van der Waals surface area contributed by atoms with Crippen LogP contribution in [0.3, 0.4) is 0 Å². The lowest BCUT2D eigenvalue weighted by Gasteiger charge is -2.27. The first-order valence-electron chi connectivity index (χ1n) is 5.45. The number of aromatic nitrogens is 2. The number of hydrogen-bond donors (Lipinski definition) is 0. The minimum Gasteiger partial charge on any atom is -0.464 e. The van der Waals surface area contributed by atoms with E-state index in [-0.39, 0.29) is 11.1 Å². The molecule has 0 fully saturated rings. The maximum Gasteiger partial charge on any atom is 0.358 e. The molecule has 0 aliphatic rings. The average Bonchev–Trinajstić information content (AvgIpc) is 2.26. The zero-order valence-corrected chi connectivity index (χ0v) is 11.0. The van der Waals surface area contributed by atoms with Crippen LogP contribution in [0.1, 0.15) is 31.3 Å². The van der Waals surface area contributed by atoms with Crippen LogP contribution in [0.5, 0.6) is 0 Å². The van der Waals surface area contributed by atoms with Gasteiger partial charge in [0.15, 0.2) is 5.69 Å². The highest BCUT2D eigenvalue weighted by Gasteiger charge is 2.15. The van der Waals surface area contributed by atoms with Crippen molar-refractivity contribution in [3.05, 3.63) is 18.1 Å². The predicted molar refractivity (Wildman–Crippen MR) is 66.1 cm³/mol. The van der Waals surface area contributed by atoms with Crippen molar-refractivity contribution >= 4 is 11.8 Å². The number of rotatable bonds is 3. The van der Waals surface area contributed by atoms with E-state index in [1.807, 2.05) is 11.9 Å². The van der Waals surface area contributed by atoms with Gasteiger partial charge in [-0.3, -0.25) is 0 Å². The minimum absolute atomic E-state index is 0.178. The van der Waals surface area contributed by atoms with Gasteiger partial charge in [-0.1, -0.05) is 20.8 Å². The van der Waals surface area contributed by atoms with E-state index in [2.05, 4.69) is 35.5 Å². The van der Waals surface area contributed by atoms with Crippen LogP contribution >= 0.6 is 0 Å². The molecule has 1 aromatic rings. The van der Waals surface area contributed by atoms with Crippen LogP contribution in [0.25, 0.3) is 0 Å². The minimum atomic E-state index is -0.470. The van der Waals surface area contributed by atoms with Crippen molar-refractivity contribution < 1.29 is 9.53 Å². The highest BCUT2D eigenvalue weighted by Crippen LogP contribution is 2.17. The fourth-order valence-electron chi connectivity index (χ4n) is 1.52. The van der Waals surface area contributed by atoms with Crippen molar-refractivity contribution in [2.75, 3.05) is 25.6 Å². The van der Waals surface area contributed by atoms with Crippen molar-refractivity contribution in [1.29, 1.82) is 0 Å². The van der Waals surface area contributed by atoms with Gasteiger partial charge in [-0.05, 0) is 5.41 Å². The summed E-state index contributed by atoms with van der Waals surface area (Å²) in [6.07, 6.45) is 3.01. The molecular weight excluding hydrogens is 218 g/mol. The molecule has 0 saturated carbocycles. The molecule has 0 amide bonds. The Morgan fingerprint density at radius 2 is 2.00 bits per heavy atom. The summed E-state index contributed by atoms with van der Waals surface area (Å²) in [5.74, 6) is 0.273. The van der Waals surface area contributed by atoms with Crippen molar-refractivity contribution in [3.63, 3.8) is 0 Å². The van der Waals surface area contributed by atoms with Crippen molar-refractivity contribution in [3.8, 4) is 0 Å². The van der Waals surface area contributed by atoms with Crippen LogP contribution in [-0.4, -0.2) is 36.6 Å². The van der Waals surface area contributed by atoms with Gasteiger partial charge in [-0.2, -0.15) is 0 Å². The Morgan fingerprint density at radius 1 is 1.35 bits per heavy atom. The van der Waals surface area contributed by atoms with E-state index in [9.17, 15) is 4.79 Å². The number of methoxy groups -OCH3 is 1.